The van der Waals surface area contributed by atoms with Gasteiger partial charge in [0.05, 0.1) is 25.5 Å². The molecule has 0 heterocycles. The van der Waals surface area contributed by atoms with Crippen molar-refractivity contribution in [3.63, 3.8) is 0 Å². The maximum atomic E-state index is 13.5. The van der Waals surface area contributed by atoms with Crippen LogP contribution in [0.5, 0.6) is 11.5 Å². The topological polar surface area (TPSA) is 53.7 Å². The molecule has 1 saturated carbocycles. The van der Waals surface area contributed by atoms with Crippen LogP contribution in [0.15, 0.2) is 36.4 Å². The lowest BCUT2D eigenvalue weighted by Crippen LogP contribution is -2.15. The fourth-order valence-electron chi connectivity index (χ4n) is 3.64. The molecule has 2 aromatic rings. The molecular weight excluding hydrogens is 388 g/mol. The second kappa shape index (κ2) is 11.7. The maximum absolute atomic E-state index is 13.5. The van der Waals surface area contributed by atoms with Gasteiger partial charge in [0.15, 0.2) is 0 Å². The van der Waals surface area contributed by atoms with E-state index in [1.807, 2.05) is 18.2 Å². The van der Waals surface area contributed by atoms with Crippen LogP contribution in [0.2, 0.25) is 0 Å². The number of anilines is 1. The van der Waals surface area contributed by atoms with E-state index in [1.165, 1.54) is 32.1 Å². The highest BCUT2D eigenvalue weighted by Crippen LogP contribution is 2.29. The van der Waals surface area contributed by atoms with E-state index in [2.05, 4.69) is 0 Å². The van der Waals surface area contributed by atoms with Gasteiger partial charge in [-0.15, -0.1) is 0 Å². The van der Waals surface area contributed by atoms with Crippen molar-refractivity contribution in [2.24, 2.45) is 5.92 Å². The van der Waals surface area contributed by atoms with Gasteiger partial charge in [0, 0.05) is 18.2 Å². The van der Waals surface area contributed by atoms with Gasteiger partial charge in [0.25, 0.3) is 0 Å². The number of hydrogen-bond acceptors (Lipinski definition) is 4. The first-order chi connectivity index (χ1) is 14.6. The van der Waals surface area contributed by atoms with E-state index in [1.54, 1.807) is 0 Å². The van der Waals surface area contributed by atoms with Crippen molar-refractivity contribution in [2.75, 3.05) is 25.6 Å². The van der Waals surface area contributed by atoms with Crippen molar-refractivity contribution < 1.29 is 23.0 Å². The number of nitrogens with two attached hydrogens (primary N) is 1. The van der Waals surface area contributed by atoms with Gasteiger partial charge in [-0.25, -0.2) is 8.78 Å². The summed E-state index contributed by atoms with van der Waals surface area (Å²) in [5, 5.41) is 0. The molecule has 4 nitrogen and oxygen atoms in total. The van der Waals surface area contributed by atoms with Crippen LogP contribution in [0.3, 0.4) is 0 Å². The number of nitrogen functional groups attached to an aromatic ring is 1. The van der Waals surface area contributed by atoms with Crippen LogP contribution in [-0.2, 0) is 11.3 Å². The van der Waals surface area contributed by atoms with Crippen LogP contribution in [0.25, 0.3) is 0 Å². The van der Waals surface area contributed by atoms with E-state index in [-0.39, 0.29) is 12.2 Å². The van der Waals surface area contributed by atoms with Gasteiger partial charge in [-0.2, -0.15) is 0 Å². The molecule has 0 amide bonds. The number of rotatable bonds is 11. The normalized spacial score (nSPS) is 14.6. The number of benzene rings is 2. The van der Waals surface area contributed by atoms with E-state index in [9.17, 15) is 8.78 Å². The van der Waals surface area contributed by atoms with Gasteiger partial charge in [0.1, 0.15) is 23.1 Å². The molecule has 0 bridgehead atoms. The lowest BCUT2D eigenvalue weighted by Gasteiger charge is -2.21. The predicted octanol–water partition coefficient (Wildman–Crippen LogP) is 5.88. The van der Waals surface area contributed by atoms with Crippen molar-refractivity contribution in [3.05, 3.63) is 53.6 Å². The molecule has 1 aliphatic carbocycles. The number of ether oxygens (including phenoxy) is 3. The summed E-state index contributed by atoms with van der Waals surface area (Å²) in [6.45, 7) is 1.76. The molecule has 0 spiro atoms. The molecule has 2 aromatic carbocycles. The Morgan fingerprint density at radius 3 is 2.50 bits per heavy atom. The minimum absolute atomic E-state index is 0.0553. The van der Waals surface area contributed by atoms with Crippen LogP contribution in [-0.4, -0.2) is 19.8 Å². The van der Waals surface area contributed by atoms with Crippen LogP contribution >= 0.6 is 0 Å². The summed E-state index contributed by atoms with van der Waals surface area (Å²) in [5.41, 5.74) is 6.88. The summed E-state index contributed by atoms with van der Waals surface area (Å²) in [6.07, 6.45) is 7.96. The summed E-state index contributed by atoms with van der Waals surface area (Å²) in [6, 6.07) is 8.91. The molecule has 0 radical (unpaired) electrons. The highest BCUT2D eigenvalue weighted by Gasteiger charge is 2.14. The highest BCUT2D eigenvalue weighted by molar-refractivity contribution is 5.56. The van der Waals surface area contributed by atoms with Gasteiger partial charge in [0.2, 0.25) is 0 Å². The lowest BCUT2D eigenvalue weighted by atomic mass is 9.90. The number of unbranched alkanes of at least 4 members (excludes halogenated alkanes) is 1. The van der Waals surface area contributed by atoms with Gasteiger partial charge in [-0.05, 0) is 61.9 Å². The molecule has 1 aliphatic rings. The minimum Gasteiger partial charge on any atom is -0.493 e. The van der Waals surface area contributed by atoms with Crippen molar-refractivity contribution in [1.29, 1.82) is 0 Å². The molecule has 1 fully saturated rings. The smallest absolute Gasteiger partial charge is 0.142 e. The Hall–Kier alpha value is -2.34. The zero-order chi connectivity index (χ0) is 21.2. The molecule has 0 saturated heterocycles. The molecule has 30 heavy (non-hydrogen) atoms. The molecule has 2 N–H and O–H groups in total. The third kappa shape index (κ3) is 7.17. The Morgan fingerprint density at radius 1 is 0.900 bits per heavy atom. The van der Waals surface area contributed by atoms with Crippen LogP contribution < -0.4 is 15.2 Å². The van der Waals surface area contributed by atoms with Crippen molar-refractivity contribution in [2.45, 2.75) is 51.6 Å². The molecule has 0 aromatic heterocycles. The molecule has 3 rings (SSSR count). The van der Waals surface area contributed by atoms with Crippen LogP contribution in [0, 0.1) is 17.6 Å². The molecule has 0 aliphatic heterocycles. The van der Waals surface area contributed by atoms with Crippen LogP contribution in [0.4, 0.5) is 14.5 Å². The van der Waals surface area contributed by atoms with E-state index >= 15 is 0 Å². The quantitative estimate of drug-likeness (QED) is 0.365. The van der Waals surface area contributed by atoms with Gasteiger partial charge >= 0.3 is 0 Å². The summed E-state index contributed by atoms with van der Waals surface area (Å²) in [4.78, 5) is 0. The fourth-order valence-corrected chi connectivity index (χ4v) is 3.64. The minimum atomic E-state index is -0.466. The molecule has 0 atom stereocenters. The molecule has 0 unspecified atom stereocenters. The van der Waals surface area contributed by atoms with Gasteiger partial charge in [-0.1, -0.05) is 19.3 Å². The third-order valence-corrected chi connectivity index (χ3v) is 5.40. The Bertz CT molecular complexity index is 794. The Balaban J connectivity index is 1.30. The first-order valence-electron chi connectivity index (χ1n) is 10.8. The Morgan fingerprint density at radius 2 is 1.70 bits per heavy atom. The average molecular weight is 420 g/mol. The van der Waals surface area contributed by atoms with Gasteiger partial charge in [-0.3, -0.25) is 0 Å². The average Bonchev–Trinajstić information content (AvgIpc) is 2.76. The largest absolute Gasteiger partial charge is 0.493 e. The summed E-state index contributed by atoms with van der Waals surface area (Å²) in [5.74, 6) is 1.15. The van der Waals surface area contributed by atoms with E-state index in [0.717, 1.165) is 43.4 Å². The van der Waals surface area contributed by atoms with Crippen molar-refractivity contribution >= 4 is 5.69 Å². The molecule has 6 heteroatoms. The van der Waals surface area contributed by atoms with E-state index < -0.39 is 11.6 Å². The van der Waals surface area contributed by atoms with Crippen molar-refractivity contribution in [3.8, 4) is 11.5 Å². The molecule has 164 valence electrons. The third-order valence-electron chi connectivity index (χ3n) is 5.40. The van der Waals surface area contributed by atoms with Gasteiger partial charge < -0.3 is 19.9 Å². The zero-order valence-corrected chi connectivity index (χ0v) is 17.4. The van der Waals surface area contributed by atoms with Crippen molar-refractivity contribution in [1.82, 2.24) is 0 Å². The Kier molecular flexibility index (Phi) is 8.75. The predicted molar refractivity (Wildman–Crippen MR) is 114 cm³/mol. The second-order valence-electron chi connectivity index (χ2n) is 7.86. The summed E-state index contributed by atoms with van der Waals surface area (Å²) >= 11 is 0. The first kappa shape index (κ1) is 22.3. The summed E-state index contributed by atoms with van der Waals surface area (Å²) < 4.78 is 43.7. The second-order valence-corrected chi connectivity index (χ2v) is 7.86. The monoisotopic (exact) mass is 419 g/mol. The van der Waals surface area contributed by atoms with E-state index in [0.29, 0.717) is 30.6 Å². The maximum Gasteiger partial charge on any atom is 0.142 e. The van der Waals surface area contributed by atoms with E-state index in [4.69, 9.17) is 19.9 Å². The standard InChI is InChI=1S/C24H31F2NO3/c25-20-8-10-22(26)19(14-20)17-28-12-4-5-13-29-24-11-9-21(15-23(24)27)30-16-18-6-2-1-3-7-18/h8-11,14-15,18H,1-7,12-13,16-17,27H2. The first-order valence-corrected chi connectivity index (χ1v) is 10.8. The lowest BCUT2D eigenvalue weighted by molar-refractivity contribution is 0.111. The number of hydrogen-bond donors (Lipinski definition) is 1. The Labute approximate surface area is 177 Å². The number of halogens is 2. The SMILES string of the molecule is Nc1cc(OCC2CCCCC2)ccc1OCCCCOCc1cc(F)ccc1F. The summed E-state index contributed by atoms with van der Waals surface area (Å²) in [7, 11) is 0. The highest BCUT2D eigenvalue weighted by atomic mass is 19.1. The zero-order valence-electron chi connectivity index (χ0n) is 17.4. The fraction of sp³-hybridized carbons (Fsp3) is 0.500. The van der Waals surface area contributed by atoms with Crippen LogP contribution in [0.1, 0.15) is 50.5 Å². The molecular formula is C24H31F2NO3.